The number of carbonyl (C=O) groups excluding carboxylic acids is 3. The molecule has 3 rings (SSSR count). The third-order valence-corrected chi connectivity index (χ3v) is 4.34. The number of amides is 2. The largest absolute Gasteiger partial charge is 0.494 e. The molecule has 9 heteroatoms. The predicted octanol–water partition coefficient (Wildman–Crippen LogP) is 4.41. The van der Waals surface area contributed by atoms with E-state index in [0.717, 1.165) is 12.1 Å². The van der Waals surface area contributed by atoms with Crippen molar-refractivity contribution in [3.63, 3.8) is 0 Å². The lowest BCUT2D eigenvalue weighted by molar-refractivity contribution is -0.119. The topological polar surface area (TPSA) is 93.7 Å². The molecule has 0 spiro atoms. The van der Waals surface area contributed by atoms with Crippen molar-refractivity contribution in [1.82, 2.24) is 0 Å². The van der Waals surface area contributed by atoms with E-state index in [0.29, 0.717) is 35.4 Å². The number of ether oxygens (including phenoxy) is 2. The molecule has 0 fully saturated rings. The van der Waals surface area contributed by atoms with Crippen molar-refractivity contribution in [2.45, 2.75) is 6.92 Å². The SMILES string of the molecule is CCOc1ccc(NC(=O)c2ccc(NC(=O)COC(=O)c3ccc(F)c(F)c3)cc2)cc1. The van der Waals surface area contributed by atoms with Crippen LogP contribution in [0.4, 0.5) is 20.2 Å². The summed E-state index contributed by atoms with van der Waals surface area (Å²) in [6.45, 7) is 1.80. The van der Waals surface area contributed by atoms with Gasteiger partial charge in [0.25, 0.3) is 11.8 Å². The van der Waals surface area contributed by atoms with Crippen LogP contribution in [0.5, 0.6) is 5.75 Å². The van der Waals surface area contributed by atoms with E-state index in [1.54, 1.807) is 24.3 Å². The lowest BCUT2D eigenvalue weighted by atomic mass is 10.2. The average molecular weight is 454 g/mol. The van der Waals surface area contributed by atoms with Crippen LogP contribution in [0.3, 0.4) is 0 Å². The van der Waals surface area contributed by atoms with Crippen LogP contribution in [0.15, 0.2) is 66.7 Å². The third kappa shape index (κ3) is 6.60. The normalized spacial score (nSPS) is 10.3. The van der Waals surface area contributed by atoms with Gasteiger partial charge in [-0.25, -0.2) is 13.6 Å². The van der Waals surface area contributed by atoms with Gasteiger partial charge in [0.05, 0.1) is 12.2 Å². The van der Waals surface area contributed by atoms with E-state index in [9.17, 15) is 23.2 Å². The molecular formula is C24H20F2N2O5. The summed E-state index contributed by atoms with van der Waals surface area (Å²) in [5.41, 5.74) is 1.13. The first kappa shape index (κ1) is 23.4. The molecule has 0 aliphatic heterocycles. The van der Waals surface area contributed by atoms with Crippen LogP contribution < -0.4 is 15.4 Å². The smallest absolute Gasteiger partial charge is 0.338 e. The number of carbonyl (C=O) groups is 3. The molecular weight excluding hydrogens is 434 g/mol. The summed E-state index contributed by atoms with van der Waals surface area (Å²) in [4.78, 5) is 36.2. The molecule has 0 aliphatic carbocycles. The van der Waals surface area contributed by atoms with Gasteiger partial charge in [0.1, 0.15) is 5.75 Å². The van der Waals surface area contributed by atoms with Crippen LogP contribution in [0, 0.1) is 11.6 Å². The highest BCUT2D eigenvalue weighted by molar-refractivity contribution is 6.04. The van der Waals surface area contributed by atoms with Gasteiger partial charge in [0, 0.05) is 16.9 Å². The zero-order valence-corrected chi connectivity index (χ0v) is 17.6. The van der Waals surface area contributed by atoms with Gasteiger partial charge in [-0.3, -0.25) is 9.59 Å². The van der Waals surface area contributed by atoms with Crippen LogP contribution in [0.25, 0.3) is 0 Å². The summed E-state index contributed by atoms with van der Waals surface area (Å²) in [6.07, 6.45) is 0. The Labute approximate surface area is 188 Å². The Morgan fingerprint density at radius 2 is 1.39 bits per heavy atom. The van der Waals surface area contributed by atoms with Crippen molar-refractivity contribution in [1.29, 1.82) is 0 Å². The van der Waals surface area contributed by atoms with Gasteiger partial charge >= 0.3 is 5.97 Å². The molecule has 0 heterocycles. The van der Waals surface area contributed by atoms with Gasteiger partial charge in [0.2, 0.25) is 0 Å². The molecule has 2 N–H and O–H groups in total. The second kappa shape index (κ2) is 10.9. The molecule has 2 amide bonds. The van der Waals surface area contributed by atoms with Crippen molar-refractivity contribution in [2.75, 3.05) is 23.8 Å². The maximum atomic E-state index is 13.2. The number of esters is 1. The van der Waals surface area contributed by atoms with Crippen LogP contribution in [0.1, 0.15) is 27.6 Å². The monoisotopic (exact) mass is 454 g/mol. The zero-order valence-electron chi connectivity index (χ0n) is 17.6. The molecule has 0 radical (unpaired) electrons. The summed E-state index contributed by atoms with van der Waals surface area (Å²) >= 11 is 0. The Kier molecular flexibility index (Phi) is 7.69. The highest BCUT2D eigenvalue weighted by atomic mass is 19.2. The van der Waals surface area contributed by atoms with E-state index in [2.05, 4.69) is 10.6 Å². The summed E-state index contributed by atoms with van der Waals surface area (Å²) in [5.74, 6) is -3.53. The second-order valence-electron chi connectivity index (χ2n) is 6.74. The first-order valence-electron chi connectivity index (χ1n) is 9.92. The van der Waals surface area contributed by atoms with E-state index in [1.165, 1.54) is 24.3 Å². The molecule has 0 aromatic heterocycles. The number of rotatable bonds is 8. The van der Waals surface area contributed by atoms with Crippen molar-refractivity contribution in [2.24, 2.45) is 0 Å². The molecule has 0 unspecified atom stereocenters. The van der Waals surface area contributed by atoms with Gasteiger partial charge in [-0.15, -0.1) is 0 Å². The van der Waals surface area contributed by atoms with Crippen molar-refractivity contribution in [3.05, 3.63) is 89.5 Å². The minimum atomic E-state index is -1.19. The lowest BCUT2D eigenvalue weighted by Gasteiger charge is -2.09. The Bertz CT molecular complexity index is 1150. The maximum absolute atomic E-state index is 13.2. The first-order chi connectivity index (χ1) is 15.9. The van der Waals surface area contributed by atoms with E-state index in [-0.39, 0.29) is 11.5 Å². The number of anilines is 2. The Hall–Kier alpha value is -4.27. The number of hydrogen-bond donors (Lipinski definition) is 2. The number of hydrogen-bond acceptors (Lipinski definition) is 5. The fourth-order valence-electron chi connectivity index (χ4n) is 2.74. The highest BCUT2D eigenvalue weighted by Crippen LogP contribution is 2.17. The van der Waals surface area contributed by atoms with Crippen LogP contribution in [-0.2, 0) is 9.53 Å². The molecule has 0 aliphatic rings. The summed E-state index contributed by atoms with van der Waals surface area (Å²) in [5, 5.41) is 5.26. The molecule has 0 atom stereocenters. The van der Waals surface area contributed by atoms with Gasteiger partial charge in [-0.1, -0.05) is 0 Å². The molecule has 33 heavy (non-hydrogen) atoms. The van der Waals surface area contributed by atoms with Crippen molar-refractivity contribution in [3.8, 4) is 5.75 Å². The summed E-state index contributed by atoms with van der Waals surface area (Å²) in [6, 6.07) is 15.5. The highest BCUT2D eigenvalue weighted by Gasteiger charge is 2.13. The van der Waals surface area contributed by atoms with Crippen molar-refractivity contribution < 1.29 is 32.6 Å². The first-order valence-corrected chi connectivity index (χ1v) is 9.92. The fraction of sp³-hybridized carbons (Fsp3) is 0.125. The molecule has 0 saturated heterocycles. The number of halogens is 2. The molecule has 170 valence electrons. The van der Waals surface area contributed by atoms with E-state index < -0.39 is 30.1 Å². The molecule has 3 aromatic carbocycles. The predicted molar refractivity (Wildman–Crippen MR) is 117 cm³/mol. The van der Waals surface area contributed by atoms with E-state index in [1.807, 2.05) is 6.92 Å². The standard InChI is InChI=1S/C24H20F2N2O5/c1-2-32-19-10-8-18(9-11-19)28-23(30)15-3-6-17(7-4-15)27-22(29)14-33-24(31)16-5-12-20(25)21(26)13-16/h3-13H,2,14H2,1H3,(H,27,29)(H,28,30). The zero-order chi connectivity index (χ0) is 23.8. The van der Waals surface area contributed by atoms with Crippen LogP contribution in [-0.4, -0.2) is 31.0 Å². The Morgan fingerprint density at radius 3 is 2.03 bits per heavy atom. The Morgan fingerprint density at radius 1 is 0.788 bits per heavy atom. The molecule has 0 saturated carbocycles. The van der Waals surface area contributed by atoms with Gasteiger partial charge in [-0.2, -0.15) is 0 Å². The molecule has 0 bridgehead atoms. The minimum absolute atomic E-state index is 0.218. The van der Waals surface area contributed by atoms with Crippen LogP contribution >= 0.6 is 0 Å². The maximum Gasteiger partial charge on any atom is 0.338 e. The molecule has 7 nitrogen and oxygen atoms in total. The third-order valence-electron chi connectivity index (χ3n) is 4.34. The summed E-state index contributed by atoms with van der Waals surface area (Å²) < 4.78 is 36.3. The number of benzene rings is 3. The average Bonchev–Trinajstić information content (AvgIpc) is 2.81. The van der Waals surface area contributed by atoms with E-state index >= 15 is 0 Å². The van der Waals surface area contributed by atoms with Gasteiger partial charge in [0.15, 0.2) is 18.2 Å². The summed E-state index contributed by atoms with van der Waals surface area (Å²) in [7, 11) is 0. The minimum Gasteiger partial charge on any atom is -0.494 e. The van der Waals surface area contributed by atoms with Gasteiger partial charge < -0.3 is 20.1 Å². The van der Waals surface area contributed by atoms with Gasteiger partial charge in [-0.05, 0) is 73.7 Å². The van der Waals surface area contributed by atoms with Crippen LogP contribution in [0.2, 0.25) is 0 Å². The molecule has 3 aromatic rings. The number of nitrogens with one attached hydrogen (secondary N) is 2. The van der Waals surface area contributed by atoms with Crippen molar-refractivity contribution >= 4 is 29.2 Å². The lowest BCUT2D eigenvalue weighted by Crippen LogP contribution is -2.21. The second-order valence-corrected chi connectivity index (χ2v) is 6.74. The fourth-order valence-corrected chi connectivity index (χ4v) is 2.74. The quantitative estimate of drug-likeness (QED) is 0.492. The van der Waals surface area contributed by atoms with E-state index in [4.69, 9.17) is 9.47 Å². The Balaban J connectivity index is 1.49.